The van der Waals surface area contributed by atoms with Crippen molar-refractivity contribution in [3.63, 3.8) is 0 Å². The number of benzene rings is 2. The highest BCUT2D eigenvalue weighted by molar-refractivity contribution is 5.91. The van der Waals surface area contributed by atoms with Crippen molar-refractivity contribution in [1.82, 2.24) is 25.1 Å². The number of hydrogen-bond donors (Lipinski definition) is 1. The molecule has 4 amide bonds. The second kappa shape index (κ2) is 11.2. The molecule has 0 saturated carbocycles. The molecule has 4 rings (SSSR count). The highest BCUT2D eigenvalue weighted by Gasteiger charge is 2.51. The van der Waals surface area contributed by atoms with E-state index in [4.69, 9.17) is 4.74 Å². The number of methoxy groups -OCH3 is 1. The largest absolute Gasteiger partial charge is 0.497 e. The third kappa shape index (κ3) is 5.39. The van der Waals surface area contributed by atoms with Gasteiger partial charge in [-0.3, -0.25) is 9.59 Å². The Morgan fingerprint density at radius 1 is 1.14 bits per heavy atom. The van der Waals surface area contributed by atoms with E-state index in [1.165, 1.54) is 17.1 Å². The van der Waals surface area contributed by atoms with Gasteiger partial charge in [-0.1, -0.05) is 37.6 Å². The number of ether oxygens (including phenoxy) is 1. The van der Waals surface area contributed by atoms with Gasteiger partial charge in [0.2, 0.25) is 11.8 Å². The molecular formula is C27H34FN5O4. The molecule has 2 heterocycles. The summed E-state index contributed by atoms with van der Waals surface area (Å²) in [6.45, 7) is 4.27. The molecule has 2 saturated heterocycles. The van der Waals surface area contributed by atoms with Crippen molar-refractivity contribution >= 4 is 17.8 Å². The number of fused-ring (bicyclic) bond motifs is 1. The van der Waals surface area contributed by atoms with Gasteiger partial charge in [-0.05, 0) is 48.7 Å². The van der Waals surface area contributed by atoms with Crippen LogP contribution in [0.4, 0.5) is 9.18 Å². The van der Waals surface area contributed by atoms with E-state index < -0.39 is 12.2 Å². The van der Waals surface area contributed by atoms with Gasteiger partial charge < -0.3 is 19.9 Å². The van der Waals surface area contributed by atoms with Crippen molar-refractivity contribution in [1.29, 1.82) is 0 Å². The molecule has 3 atom stereocenters. The van der Waals surface area contributed by atoms with E-state index in [2.05, 4.69) is 5.32 Å². The Kier molecular flexibility index (Phi) is 7.97. The first-order valence-corrected chi connectivity index (χ1v) is 12.5. The van der Waals surface area contributed by atoms with Crippen LogP contribution < -0.4 is 10.1 Å². The van der Waals surface area contributed by atoms with Crippen LogP contribution in [0.15, 0.2) is 48.5 Å². The quantitative estimate of drug-likeness (QED) is 0.618. The van der Waals surface area contributed by atoms with E-state index in [1.54, 1.807) is 41.1 Å². The molecule has 198 valence electrons. The van der Waals surface area contributed by atoms with Crippen LogP contribution in [-0.2, 0) is 16.1 Å². The topological polar surface area (TPSA) is 85.4 Å². The molecule has 0 radical (unpaired) electrons. The van der Waals surface area contributed by atoms with Gasteiger partial charge in [0.15, 0.2) is 0 Å². The maximum absolute atomic E-state index is 13.6. The molecular weight excluding hydrogens is 477 g/mol. The van der Waals surface area contributed by atoms with E-state index in [9.17, 15) is 18.8 Å². The predicted molar refractivity (Wildman–Crippen MR) is 136 cm³/mol. The Labute approximate surface area is 216 Å². The number of nitrogens with one attached hydrogen (secondary N) is 1. The van der Waals surface area contributed by atoms with Gasteiger partial charge in [0.05, 0.1) is 26.2 Å². The number of hydrogen-bond acceptors (Lipinski definition) is 5. The molecule has 37 heavy (non-hydrogen) atoms. The number of rotatable bonds is 7. The zero-order valence-electron chi connectivity index (χ0n) is 21.7. The fraction of sp³-hybridized carbons (Fsp3) is 0.444. The van der Waals surface area contributed by atoms with Gasteiger partial charge in [0, 0.05) is 13.6 Å². The van der Waals surface area contributed by atoms with E-state index in [1.807, 2.05) is 38.1 Å². The van der Waals surface area contributed by atoms with Gasteiger partial charge in [-0.2, -0.15) is 0 Å². The number of urea groups is 1. The lowest BCUT2D eigenvalue weighted by Gasteiger charge is -2.55. The Balaban J connectivity index is 1.60. The molecule has 2 aliphatic rings. The summed E-state index contributed by atoms with van der Waals surface area (Å²) in [6, 6.07) is 12.1. The summed E-state index contributed by atoms with van der Waals surface area (Å²) in [6.07, 6.45) is 0.517. The molecule has 2 fully saturated rings. The van der Waals surface area contributed by atoms with Crippen molar-refractivity contribution in [2.24, 2.45) is 0 Å². The van der Waals surface area contributed by atoms with Crippen molar-refractivity contribution in [3.8, 4) is 5.75 Å². The highest BCUT2D eigenvalue weighted by atomic mass is 19.1. The molecule has 0 bridgehead atoms. The van der Waals surface area contributed by atoms with Crippen LogP contribution in [0.3, 0.4) is 0 Å². The SMILES string of the molecule is CCC[C@H]1C(=O)N(C(C)c2ccc(F)cc2)CC2N1C(=O)CN(C)N2C(=O)NCc1ccc(OC)cc1. The monoisotopic (exact) mass is 511 g/mol. The van der Waals surface area contributed by atoms with Gasteiger partial charge in [-0.15, -0.1) is 0 Å². The number of piperazine rings is 1. The Hall–Kier alpha value is -3.66. The van der Waals surface area contributed by atoms with Crippen LogP contribution in [0.1, 0.15) is 43.9 Å². The van der Waals surface area contributed by atoms with Gasteiger partial charge in [-0.25, -0.2) is 19.2 Å². The minimum Gasteiger partial charge on any atom is -0.497 e. The number of amides is 4. The van der Waals surface area contributed by atoms with Gasteiger partial charge >= 0.3 is 6.03 Å². The van der Waals surface area contributed by atoms with Gasteiger partial charge in [0.25, 0.3) is 0 Å². The molecule has 2 unspecified atom stereocenters. The minimum atomic E-state index is -0.676. The number of carbonyl (C=O) groups excluding carboxylic acids is 3. The number of nitrogens with zero attached hydrogens (tertiary/aromatic N) is 4. The summed E-state index contributed by atoms with van der Waals surface area (Å²) in [7, 11) is 3.29. The van der Waals surface area contributed by atoms with E-state index in [0.29, 0.717) is 19.4 Å². The first-order valence-electron chi connectivity index (χ1n) is 12.5. The fourth-order valence-electron chi connectivity index (χ4n) is 5.09. The Morgan fingerprint density at radius 2 is 1.81 bits per heavy atom. The summed E-state index contributed by atoms with van der Waals surface area (Å²) < 4.78 is 18.7. The second-order valence-corrected chi connectivity index (χ2v) is 9.47. The number of hydrazine groups is 1. The summed E-state index contributed by atoms with van der Waals surface area (Å²) in [4.78, 5) is 43.5. The lowest BCUT2D eigenvalue weighted by Crippen LogP contribution is -2.76. The van der Waals surface area contributed by atoms with E-state index in [-0.39, 0.29) is 42.8 Å². The molecule has 2 aliphatic heterocycles. The van der Waals surface area contributed by atoms with Crippen LogP contribution >= 0.6 is 0 Å². The maximum Gasteiger partial charge on any atom is 0.334 e. The Bertz CT molecular complexity index is 1130. The Morgan fingerprint density at radius 3 is 2.43 bits per heavy atom. The highest BCUT2D eigenvalue weighted by Crippen LogP contribution is 2.32. The zero-order chi connectivity index (χ0) is 26.7. The van der Waals surface area contributed by atoms with Crippen LogP contribution in [0.5, 0.6) is 5.75 Å². The summed E-state index contributed by atoms with van der Waals surface area (Å²) in [5, 5.41) is 6.08. The molecule has 2 aromatic carbocycles. The lowest BCUT2D eigenvalue weighted by molar-refractivity contribution is -0.189. The minimum absolute atomic E-state index is 0.00648. The molecule has 10 heteroatoms. The van der Waals surface area contributed by atoms with E-state index in [0.717, 1.165) is 16.9 Å². The molecule has 0 aromatic heterocycles. The van der Waals surface area contributed by atoms with E-state index >= 15 is 0 Å². The molecule has 1 N–H and O–H groups in total. The first-order chi connectivity index (χ1) is 17.7. The summed E-state index contributed by atoms with van der Waals surface area (Å²) in [5.41, 5.74) is 1.68. The average molecular weight is 512 g/mol. The van der Waals surface area contributed by atoms with Crippen molar-refractivity contribution in [3.05, 3.63) is 65.5 Å². The van der Waals surface area contributed by atoms with Crippen LogP contribution in [0, 0.1) is 5.82 Å². The van der Waals surface area contributed by atoms with Crippen molar-refractivity contribution < 1.29 is 23.5 Å². The van der Waals surface area contributed by atoms with Crippen LogP contribution in [-0.4, -0.2) is 77.1 Å². The maximum atomic E-state index is 13.6. The number of carbonyl (C=O) groups is 3. The third-order valence-corrected chi connectivity index (χ3v) is 7.08. The average Bonchev–Trinajstić information content (AvgIpc) is 2.89. The van der Waals surface area contributed by atoms with Crippen molar-refractivity contribution in [2.45, 2.75) is 51.5 Å². The second-order valence-electron chi connectivity index (χ2n) is 9.47. The van der Waals surface area contributed by atoms with Gasteiger partial charge in [0.1, 0.15) is 23.8 Å². The van der Waals surface area contributed by atoms with Crippen LogP contribution in [0.2, 0.25) is 0 Å². The summed E-state index contributed by atoms with van der Waals surface area (Å²) in [5.74, 6) is 0.0263. The molecule has 0 aliphatic carbocycles. The fourth-order valence-corrected chi connectivity index (χ4v) is 5.09. The molecule has 9 nitrogen and oxygen atoms in total. The first kappa shape index (κ1) is 26.4. The molecule has 0 spiro atoms. The number of halogens is 1. The molecule has 2 aromatic rings. The zero-order valence-corrected chi connectivity index (χ0v) is 21.7. The smallest absolute Gasteiger partial charge is 0.334 e. The third-order valence-electron chi connectivity index (χ3n) is 7.08. The standard InChI is InChI=1S/C27H34FN5O4/c1-5-6-23-26(35)31(18(2)20-9-11-21(28)12-10-20)16-24-32(23)25(34)17-30(3)33(24)27(36)29-15-19-7-13-22(37-4)14-8-19/h7-14,18,23-24H,5-6,15-17H2,1-4H3,(H,29,36)/t18?,23-,24?/m0/s1. The summed E-state index contributed by atoms with van der Waals surface area (Å²) >= 11 is 0. The lowest BCUT2D eigenvalue weighted by atomic mass is 9.98. The van der Waals surface area contributed by atoms with Crippen LogP contribution in [0.25, 0.3) is 0 Å². The normalized spacial score (nSPS) is 21.1. The number of likely N-dealkylation sites (N-methyl/N-ethyl adjacent to an activating group) is 1. The predicted octanol–water partition coefficient (Wildman–Crippen LogP) is 3.13. The van der Waals surface area contributed by atoms with Crippen molar-refractivity contribution in [2.75, 3.05) is 27.2 Å².